The van der Waals surface area contributed by atoms with Gasteiger partial charge in [0, 0.05) is 11.8 Å². The lowest BCUT2D eigenvalue weighted by Gasteiger charge is -2.13. The van der Waals surface area contributed by atoms with Crippen LogP contribution in [0.5, 0.6) is 0 Å². The van der Waals surface area contributed by atoms with Crippen molar-refractivity contribution in [3.63, 3.8) is 0 Å². The second-order valence-corrected chi connectivity index (χ2v) is 3.96. The van der Waals surface area contributed by atoms with Crippen LogP contribution in [-0.4, -0.2) is 10.9 Å². The van der Waals surface area contributed by atoms with Crippen molar-refractivity contribution in [1.82, 2.24) is 10.3 Å². The summed E-state index contributed by atoms with van der Waals surface area (Å²) in [6.07, 6.45) is 1.67. The Kier molecular flexibility index (Phi) is 3.67. The molecule has 2 rings (SSSR count). The molecule has 0 saturated carbocycles. The number of hydrogen-bond donors (Lipinski definition) is 1. The van der Waals surface area contributed by atoms with E-state index < -0.39 is 5.82 Å². The fourth-order valence-electron chi connectivity index (χ4n) is 1.62. The van der Waals surface area contributed by atoms with Gasteiger partial charge in [-0.05, 0) is 37.3 Å². The Labute approximate surface area is 105 Å². The van der Waals surface area contributed by atoms with E-state index in [1.807, 2.05) is 25.1 Å². The quantitative estimate of drug-likeness (QED) is 0.902. The van der Waals surface area contributed by atoms with Crippen molar-refractivity contribution in [2.75, 3.05) is 0 Å². The third kappa shape index (κ3) is 2.91. The lowest BCUT2D eigenvalue weighted by atomic mass is 10.1. The van der Waals surface area contributed by atoms with Gasteiger partial charge in [0.2, 0.25) is 0 Å². The average molecular weight is 244 g/mol. The van der Waals surface area contributed by atoms with Crippen LogP contribution in [0.3, 0.4) is 0 Å². The van der Waals surface area contributed by atoms with Gasteiger partial charge in [0.25, 0.3) is 5.91 Å². The minimum Gasteiger partial charge on any atom is -0.344 e. The molecule has 18 heavy (non-hydrogen) atoms. The number of nitrogens with zero attached hydrogens (tertiary/aromatic N) is 1. The van der Waals surface area contributed by atoms with Crippen LogP contribution in [0.1, 0.15) is 29.0 Å². The first-order valence-electron chi connectivity index (χ1n) is 5.64. The maximum atomic E-state index is 13.0. The Morgan fingerprint density at radius 2 is 2.11 bits per heavy atom. The number of hydrogen-bond acceptors (Lipinski definition) is 2. The molecule has 0 saturated heterocycles. The van der Waals surface area contributed by atoms with Crippen LogP contribution in [0.25, 0.3) is 0 Å². The zero-order chi connectivity index (χ0) is 13.0. The third-order valence-electron chi connectivity index (χ3n) is 2.57. The molecule has 0 radical (unpaired) electrons. The van der Waals surface area contributed by atoms with Crippen LogP contribution in [0, 0.1) is 5.82 Å². The molecule has 1 amide bonds. The molecule has 3 nitrogen and oxygen atoms in total. The summed E-state index contributed by atoms with van der Waals surface area (Å²) >= 11 is 0. The van der Waals surface area contributed by atoms with Gasteiger partial charge >= 0.3 is 0 Å². The van der Waals surface area contributed by atoms with E-state index >= 15 is 0 Å². The van der Waals surface area contributed by atoms with Crippen LogP contribution in [0.2, 0.25) is 0 Å². The molecule has 4 heteroatoms. The highest BCUT2D eigenvalue weighted by Crippen LogP contribution is 2.10. The summed E-state index contributed by atoms with van der Waals surface area (Å²) in [4.78, 5) is 16.0. The maximum absolute atomic E-state index is 13.0. The van der Waals surface area contributed by atoms with E-state index in [0.717, 1.165) is 5.69 Å². The number of carbonyl (C=O) groups is 1. The van der Waals surface area contributed by atoms with E-state index in [1.165, 1.54) is 18.2 Å². The number of nitrogens with one attached hydrogen (secondary N) is 1. The molecule has 0 fully saturated rings. The van der Waals surface area contributed by atoms with Crippen molar-refractivity contribution in [3.05, 3.63) is 65.7 Å². The standard InChI is InChI=1S/C14H13FN2O/c1-10(13-7-2-3-8-16-13)17-14(18)11-5-4-6-12(15)9-11/h2-10H,1H3,(H,17,18). The average Bonchev–Trinajstić information content (AvgIpc) is 2.39. The molecule has 0 spiro atoms. The van der Waals surface area contributed by atoms with Crippen molar-refractivity contribution in [2.45, 2.75) is 13.0 Å². The van der Waals surface area contributed by atoms with Gasteiger partial charge in [-0.2, -0.15) is 0 Å². The third-order valence-corrected chi connectivity index (χ3v) is 2.57. The van der Waals surface area contributed by atoms with Crippen LogP contribution in [0.4, 0.5) is 4.39 Å². The van der Waals surface area contributed by atoms with Crippen molar-refractivity contribution in [2.24, 2.45) is 0 Å². The first-order chi connectivity index (χ1) is 8.66. The summed E-state index contributed by atoms with van der Waals surface area (Å²) in [5.41, 5.74) is 1.07. The molecule has 0 aliphatic carbocycles. The predicted molar refractivity (Wildman–Crippen MR) is 66.5 cm³/mol. The van der Waals surface area contributed by atoms with Crippen LogP contribution in [-0.2, 0) is 0 Å². The van der Waals surface area contributed by atoms with E-state index in [2.05, 4.69) is 10.3 Å². The number of halogens is 1. The molecule has 1 aromatic carbocycles. The molecular weight excluding hydrogens is 231 g/mol. The molecule has 0 bridgehead atoms. The lowest BCUT2D eigenvalue weighted by molar-refractivity contribution is 0.0938. The summed E-state index contributed by atoms with van der Waals surface area (Å²) in [6, 6.07) is 10.9. The van der Waals surface area contributed by atoms with Crippen molar-refractivity contribution >= 4 is 5.91 Å². The zero-order valence-corrected chi connectivity index (χ0v) is 9.93. The summed E-state index contributed by atoms with van der Waals surface area (Å²) < 4.78 is 13.0. The van der Waals surface area contributed by atoms with Crippen LogP contribution >= 0.6 is 0 Å². The lowest BCUT2D eigenvalue weighted by Crippen LogP contribution is -2.27. The normalized spacial score (nSPS) is 11.9. The number of aromatic nitrogens is 1. The van der Waals surface area contributed by atoms with Crippen LogP contribution < -0.4 is 5.32 Å². The second kappa shape index (κ2) is 5.40. The van der Waals surface area contributed by atoms with Gasteiger partial charge in [0.1, 0.15) is 5.82 Å². The minimum atomic E-state index is -0.423. The first kappa shape index (κ1) is 12.2. The molecule has 2 aromatic rings. The minimum absolute atomic E-state index is 0.220. The molecule has 92 valence electrons. The fourth-order valence-corrected chi connectivity index (χ4v) is 1.62. The Morgan fingerprint density at radius 3 is 2.78 bits per heavy atom. The Bertz CT molecular complexity index is 543. The van der Waals surface area contributed by atoms with Crippen LogP contribution in [0.15, 0.2) is 48.7 Å². The predicted octanol–water partition coefficient (Wildman–Crippen LogP) is 2.71. The monoisotopic (exact) mass is 244 g/mol. The Morgan fingerprint density at radius 1 is 1.28 bits per heavy atom. The van der Waals surface area contributed by atoms with E-state index in [-0.39, 0.29) is 11.9 Å². The van der Waals surface area contributed by atoms with Gasteiger partial charge < -0.3 is 5.32 Å². The van der Waals surface area contributed by atoms with Crippen molar-refractivity contribution < 1.29 is 9.18 Å². The molecule has 1 atom stereocenters. The maximum Gasteiger partial charge on any atom is 0.251 e. The number of amides is 1. The van der Waals surface area contributed by atoms with Gasteiger partial charge in [-0.25, -0.2) is 4.39 Å². The molecule has 1 aromatic heterocycles. The zero-order valence-electron chi connectivity index (χ0n) is 9.93. The molecule has 0 aliphatic rings. The first-order valence-corrected chi connectivity index (χ1v) is 5.64. The van der Waals surface area contributed by atoms with Crippen molar-refractivity contribution in [3.8, 4) is 0 Å². The number of pyridine rings is 1. The Hall–Kier alpha value is -2.23. The summed E-state index contributed by atoms with van der Waals surface area (Å²) in [7, 11) is 0. The number of rotatable bonds is 3. The number of carbonyl (C=O) groups excluding carboxylic acids is 1. The SMILES string of the molecule is CC(NC(=O)c1cccc(F)c1)c1ccccn1. The van der Waals surface area contributed by atoms with E-state index in [1.54, 1.807) is 12.3 Å². The second-order valence-electron chi connectivity index (χ2n) is 3.96. The fraction of sp³-hybridized carbons (Fsp3) is 0.143. The summed E-state index contributed by atoms with van der Waals surface area (Å²) in [6.45, 7) is 1.83. The van der Waals surface area contributed by atoms with E-state index in [4.69, 9.17) is 0 Å². The smallest absolute Gasteiger partial charge is 0.251 e. The summed E-state index contributed by atoms with van der Waals surface area (Å²) in [5.74, 6) is -0.735. The van der Waals surface area contributed by atoms with E-state index in [0.29, 0.717) is 5.56 Å². The highest BCUT2D eigenvalue weighted by molar-refractivity contribution is 5.94. The molecular formula is C14H13FN2O. The highest BCUT2D eigenvalue weighted by Gasteiger charge is 2.12. The topological polar surface area (TPSA) is 42.0 Å². The van der Waals surface area contributed by atoms with Crippen molar-refractivity contribution in [1.29, 1.82) is 0 Å². The van der Waals surface area contributed by atoms with E-state index in [9.17, 15) is 9.18 Å². The van der Waals surface area contributed by atoms with Gasteiger partial charge in [-0.3, -0.25) is 9.78 Å². The summed E-state index contributed by atoms with van der Waals surface area (Å²) in [5, 5.41) is 2.77. The molecule has 1 heterocycles. The van der Waals surface area contributed by atoms with Gasteiger partial charge in [-0.1, -0.05) is 12.1 Å². The molecule has 1 N–H and O–H groups in total. The molecule has 0 aliphatic heterocycles. The Balaban J connectivity index is 2.08. The molecule has 1 unspecified atom stereocenters. The van der Waals surface area contributed by atoms with Gasteiger partial charge in [-0.15, -0.1) is 0 Å². The number of benzene rings is 1. The van der Waals surface area contributed by atoms with Gasteiger partial charge in [0.05, 0.1) is 11.7 Å². The van der Waals surface area contributed by atoms with Gasteiger partial charge in [0.15, 0.2) is 0 Å². The highest BCUT2D eigenvalue weighted by atomic mass is 19.1. The largest absolute Gasteiger partial charge is 0.344 e.